The van der Waals surface area contributed by atoms with Gasteiger partial charge >= 0.3 is 0 Å². The van der Waals surface area contributed by atoms with Crippen LogP contribution >= 0.6 is 0 Å². The first kappa shape index (κ1) is 26.8. The Balaban J connectivity index is 1.31. The van der Waals surface area contributed by atoms with E-state index in [0.717, 1.165) is 67.3 Å². The van der Waals surface area contributed by atoms with Crippen LogP contribution in [0.2, 0.25) is 0 Å². The molecule has 0 saturated heterocycles. The van der Waals surface area contributed by atoms with E-state index in [1.165, 1.54) is 0 Å². The van der Waals surface area contributed by atoms with Crippen LogP contribution in [0.1, 0.15) is 5.56 Å². The minimum absolute atomic E-state index is 0.663. The highest BCUT2D eigenvalue weighted by Gasteiger charge is 2.19. The van der Waals surface area contributed by atoms with Gasteiger partial charge in [0, 0.05) is 22.3 Å². The lowest BCUT2D eigenvalue weighted by atomic mass is 9.97. The fourth-order valence-electron chi connectivity index (χ4n) is 5.44. The summed E-state index contributed by atoms with van der Waals surface area (Å²) in [5, 5.41) is 9.09. The van der Waals surface area contributed by atoms with Crippen molar-refractivity contribution in [3.63, 3.8) is 0 Å². The molecule has 6 aromatic carbocycles. The molecule has 1 heterocycles. The second-order valence-corrected chi connectivity index (χ2v) is 10.6. The largest absolute Gasteiger partial charge is 0.243 e. The standard InChI is InChI=1S/C41H27N3/c42-28-29-16-18-30(19-17-29)31-20-22-32(23-21-31)33-24-26-37(27-25-33)41-40(36-14-8-3-9-15-36)43-38(34-10-4-1-5-11-34)39(44-41)35-12-6-2-7-13-35/h1-27H. The average Bonchev–Trinajstić information content (AvgIpc) is 3.12. The summed E-state index contributed by atoms with van der Waals surface area (Å²) in [5.41, 5.74) is 12.6. The molecule has 0 unspecified atom stereocenters. The number of benzene rings is 6. The third-order valence-corrected chi connectivity index (χ3v) is 7.76. The monoisotopic (exact) mass is 561 g/mol. The van der Waals surface area contributed by atoms with Crippen molar-refractivity contribution >= 4 is 0 Å². The molecular weight excluding hydrogens is 534 g/mol. The maximum atomic E-state index is 9.09. The van der Waals surface area contributed by atoms with Crippen molar-refractivity contribution in [3.05, 3.63) is 169 Å². The van der Waals surface area contributed by atoms with E-state index in [0.29, 0.717) is 5.56 Å². The number of rotatable bonds is 6. The van der Waals surface area contributed by atoms with Gasteiger partial charge in [-0.1, -0.05) is 152 Å². The molecule has 0 bridgehead atoms. The minimum atomic E-state index is 0.663. The molecule has 0 N–H and O–H groups in total. The van der Waals surface area contributed by atoms with E-state index in [1.807, 2.05) is 78.9 Å². The second-order valence-electron chi connectivity index (χ2n) is 10.6. The first-order valence-corrected chi connectivity index (χ1v) is 14.6. The van der Waals surface area contributed by atoms with Crippen LogP contribution in [0.25, 0.3) is 67.3 Å². The molecule has 7 rings (SSSR count). The average molecular weight is 562 g/mol. The minimum Gasteiger partial charge on any atom is -0.243 e. The quantitative estimate of drug-likeness (QED) is 0.203. The molecular formula is C41H27N3. The third-order valence-electron chi connectivity index (χ3n) is 7.76. The Hall–Kier alpha value is -6.11. The summed E-state index contributed by atoms with van der Waals surface area (Å²) in [6.07, 6.45) is 0. The highest BCUT2D eigenvalue weighted by Crippen LogP contribution is 2.37. The SMILES string of the molecule is N#Cc1ccc(-c2ccc(-c3ccc(-c4nc(-c5ccccc5)c(-c5ccccc5)nc4-c4ccccc4)cc3)cc2)cc1. The molecule has 0 aliphatic rings. The molecule has 44 heavy (non-hydrogen) atoms. The Morgan fingerprint density at radius 2 is 0.545 bits per heavy atom. The molecule has 0 radical (unpaired) electrons. The van der Waals surface area contributed by atoms with Crippen LogP contribution in [-0.2, 0) is 0 Å². The maximum absolute atomic E-state index is 9.09. The summed E-state index contributed by atoms with van der Waals surface area (Å²) in [7, 11) is 0. The lowest BCUT2D eigenvalue weighted by Crippen LogP contribution is -2.00. The van der Waals surface area contributed by atoms with Gasteiger partial charge in [-0.25, -0.2) is 9.97 Å². The lowest BCUT2D eigenvalue weighted by Gasteiger charge is -2.16. The first-order valence-electron chi connectivity index (χ1n) is 14.6. The van der Waals surface area contributed by atoms with E-state index in [4.69, 9.17) is 15.2 Å². The smallest absolute Gasteiger partial charge is 0.0991 e. The van der Waals surface area contributed by atoms with Gasteiger partial charge in [0.15, 0.2) is 0 Å². The Kier molecular flexibility index (Phi) is 7.31. The molecule has 0 spiro atoms. The second kappa shape index (κ2) is 12.0. The number of hydrogen-bond donors (Lipinski definition) is 0. The van der Waals surface area contributed by atoms with Crippen molar-refractivity contribution in [1.29, 1.82) is 5.26 Å². The van der Waals surface area contributed by atoms with Gasteiger partial charge in [0.2, 0.25) is 0 Å². The fourth-order valence-corrected chi connectivity index (χ4v) is 5.44. The van der Waals surface area contributed by atoms with Crippen molar-refractivity contribution in [2.24, 2.45) is 0 Å². The van der Waals surface area contributed by atoms with Gasteiger partial charge in [-0.2, -0.15) is 5.26 Å². The molecule has 0 aliphatic heterocycles. The summed E-state index contributed by atoms with van der Waals surface area (Å²) < 4.78 is 0. The predicted octanol–water partition coefficient (Wildman–Crippen LogP) is 10.4. The molecule has 3 heteroatoms. The van der Waals surface area contributed by atoms with Gasteiger partial charge in [-0.15, -0.1) is 0 Å². The van der Waals surface area contributed by atoms with E-state index in [2.05, 4.69) is 91.0 Å². The number of hydrogen-bond acceptors (Lipinski definition) is 3. The van der Waals surface area contributed by atoms with Crippen molar-refractivity contribution in [1.82, 2.24) is 9.97 Å². The predicted molar refractivity (Wildman–Crippen MR) is 179 cm³/mol. The van der Waals surface area contributed by atoms with Crippen molar-refractivity contribution in [2.75, 3.05) is 0 Å². The molecule has 0 atom stereocenters. The van der Waals surface area contributed by atoms with Crippen molar-refractivity contribution in [3.8, 4) is 73.4 Å². The van der Waals surface area contributed by atoms with E-state index in [1.54, 1.807) is 0 Å². The van der Waals surface area contributed by atoms with Crippen LogP contribution < -0.4 is 0 Å². The van der Waals surface area contributed by atoms with Crippen LogP contribution in [0.15, 0.2) is 164 Å². The number of nitrogens with zero attached hydrogens (tertiary/aromatic N) is 3. The summed E-state index contributed by atoms with van der Waals surface area (Å²) in [5.74, 6) is 0. The maximum Gasteiger partial charge on any atom is 0.0991 e. The van der Waals surface area contributed by atoms with Crippen LogP contribution in [0, 0.1) is 11.3 Å². The van der Waals surface area contributed by atoms with Crippen LogP contribution in [0.3, 0.4) is 0 Å². The Labute approximate surface area is 257 Å². The Bertz CT molecular complexity index is 2060. The highest BCUT2D eigenvalue weighted by atomic mass is 14.9. The molecule has 3 nitrogen and oxygen atoms in total. The lowest BCUT2D eigenvalue weighted by molar-refractivity contribution is 1.21. The molecule has 1 aromatic heterocycles. The Morgan fingerprint density at radius 3 is 0.841 bits per heavy atom. The van der Waals surface area contributed by atoms with Gasteiger partial charge in [0.25, 0.3) is 0 Å². The van der Waals surface area contributed by atoms with Crippen LogP contribution in [0.4, 0.5) is 0 Å². The summed E-state index contributed by atoms with van der Waals surface area (Å²) in [4.78, 5) is 10.7. The molecule has 0 saturated carbocycles. The molecule has 206 valence electrons. The topological polar surface area (TPSA) is 49.6 Å². The van der Waals surface area contributed by atoms with Crippen molar-refractivity contribution < 1.29 is 0 Å². The Morgan fingerprint density at radius 1 is 0.295 bits per heavy atom. The molecule has 0 amide bonds. The van der Waals surface area contributed by atoms with Gasteiger partial charge in [-0.3, -0.25) is 0 Å². The van der Waals surface area contributed by atoms with Crippen LogP contribution in [0.5, 0.6) is 0 Å². The van der Waals surface area contributed by atoms with Crippen molar-refractivity contribution in [2.45, 2.75) is 0 Å². The van der Waals surface area contributed by atoms with Gasteiger partial charge < -0.3 is 0 Å². The van der Waals surface area contributed by atoms with Gasteiger partial charge in [-0.05, 0) is 34.4 Å². The zero-order chi connectivity index (χ0) is 29.7. The fraction of sp³-hybridized carbons (Fsp3) is 0. The molecule has 7 aromatic rings. The zero-order valence-corrected chi connectivity index (χ0v) is 23.9. The van der Waals surface area contributed by atoms with E-state index in [9.17, 15) is 0 Å². The summed E-state index contributed by atoms with van der Waals surface area (Å²) >= 11 is 0. The summed E-state index contributed by atoms with van der Waals surface area (Å²) in [6, 6.07) is 57.8. The molecule has 0 fully saturated rings. The number of nitriles is 1. The third kappa shape index (κ3) is 5.41. The van der Waals surface area contributed by atoms with E-state index < -0.39 is 0 Å². The zero-order valence-electron chi connectivity index (χ0n) is 23.9. The van der Waals surface area contributed by atoms with E-state index in [-0.39, 0.29) is 0 Å². The summed E-state index contributed by atoms with van der Waals surface area (Å²) in [6.45, 7) is 0. The highest BCUT2D eigenvalue weighted by molar-refractivity contribution is 5.87. The molecule has 0 aliphatic carbocycles. The first-order chi connectivity index (χ1) is 21.8. The van der Waals surface area contributed by atoms with Crippen LogP contribution in [-0.4, -0.2) is 9.97 Å². The van der Waals surface area contributed by atoms with E-state index >= 15 is 0 Å². The van der Waals surface area contributed by atoms with Gasteiger partial charge in [0.1, 0.15) is 0 Å². The van der Waals surface area contributed by atoms with Gasteiger partial charge in [0.05, 0.1) is 34.4 Å². The number of aromatic nitrogens is 2. The normalized spacial score (nSPS) is 10.7.